The summed E-state index contributed by atoms with van der Waals surface area (Å²) in [5.74, 6) is -1.24. The summed E-state index contributed by atoms with van der Waals surface area (Å²) in [4.78, 5) is 10.7. The molecule has 7 heteroatoms. The summed E-state index contributed by atoms with van der Waals surface area (Å²) in [6, 6.07) is 8.34. The lowest BCUT2D eigenvalue weighted by Gasteiger charge is -2.15. The molecule has 1 atom stereocenters. The highest BCUT2D eigenvalue weighted by Gasteiger charge is 2.25. The summed E-state index contributed by atoms with van der Waals surface area (Å²) in [6.07, 6.45) is 0. The number of aromatic carboxylic acids is 1. The van der Waals surface area contributed by atoms with Gasteiger partial charge in [-0.1, -0.05) is 29.8 Å². The second-order valence-electron chi connectivity index (χ2n) is 4.68. The van der Waals surface area contributed by atoms with E-state index in [2.05, 4.69) is 4.72 Å². The number of aryl methyl sites for hydroxylation is 1. The average Bonchev–Trinajstić information content (AvgIpc) is 2.88. The zero-order chi connectivity index (χ0) is 15.6. The Morgan fingerprint density at radius 3 is 2.67 bits per heavy atom. The van der Waals surface area contributed by atoms with Crippen LogP contribution in [0, 0.1) is 6.92 Å². The highest BCUT2D eigenvalue weighted by Crippen LogP contribution is 2.24. The lowest BCUT2D eigenvalue weighted by Crippen LogP contribution is -2.27. The second kappa shape index (κ2) is 5.97. The molecule has 0 bridgehead atoms. The van der Waals surface area contributed by atoms with E-state index in [1.165, 1.54) is 11.4 Å². The molecule has 0 spiro atoms. The van der Waals surface area contributed by atoms with Gasteiger partial charge in [0, 0.05) is 6.04 Å². The summed E-state index contributed by atoms with van der Waals surface area (Å²) in [5, 5.41) is 10.5. The van der Waals surface area contributed by atoms with E-state index in [9.17, 15) is 13.2 Å². The SMILES string of the molecule is Cc1cccc([C@H](C)NS(=O)(=O)c2ccsc2C(=O)O)c1. The first kappa shape index (κ1) is 15.7. The Morgan fingerprint density at radius 1 is 1.33 bits per heavy atom. The van der Waals surface area contributed by atoms with Crippen molar-refractivity contribution in [1.82, 2.24) is 4.72 Å². The van der Waals surface area contributed by atoms with Crippen molar-refractivity contribution >= 4 is 27.3 Å². The minimum Gasteiger partial charge on any atom is -0.477 e. The molecule has 0 saturated heterocycles. The third kappa shape index (κ3) is 3.49. The highest BCUT2D eigenvalue weighted by atomic mass is 32.2. The standard InChI is InChI=1S/C14H15NO4S2/c1-9-4-3-5-11(8-9)10(2)15-21(18,19)12-6-7-20-13(12)14(16)17/h3-8,10,15H,1-2H3,(H,16,17)/t10-/m0/s1. The van der Waals surface area contributed by atoms with Crippen LogP contribution in [0.1, 0.15) is 33.8 Å². The van der Waals surface area contributed by atoms with Gasteiger partial charge in [0.05, 0.1) is 0 Å². The van der Waals surface area contributed by atoms with Crippen molar-refractivity contribution < 1.29 is 18.3 Å². The van der Waals surface area contributed by atoms with E-state index in [1.807, 2.05) is 31.2 Å². The number of rotatable bonds is 5. The molecule has 21 heavy (non-hydrogen) atoms. The van der Waals surface area contributed by atoms with Gasteiger partial charge in [0.15, 0.2) is 0 Å². The van der Waals surface area contributed by atoms with E-state index in [0.717, 1.165) is 22.5 Å². The molecular formula is C14H15NO4S2. The van der Waals surface area contributed by atoms with Crippen LogP contribution in [0.25, 0.3) is 0 Å². The third-order valence-electron chi connectivity index (χ3n) is 2.99. The van der Waals surface area contributed by atoms with Gasteiger partial charge in [-0.2, -0.15) is 0 Å². The van der Waals surface area contributed by atoms with Crippen LogP contribution in [0.4, 0.5) is 0 Å². The Balaban J connectivity index is 2.29. The van der Waals surface area contributed by atoms with Gasteiger partial charge < -0.3 is 5.11 Å². The van der Waals surface area contributed by atoms with E-state index < -0.39 is 22.0 Å². The summed E-state index contributed by atoms with van der Waals surface area (Å²) in [7, 11) is -3.87. The van der Waals surface area contributed by atoms with Crippen LogP contribution in [0.3, 0.4) is 0 Å². The minimum atomic E-state index is -3.87. The lowest BCUT2D eigenvalue weighted by atomic mass is 10.1. The van der Waals surface area contributed by atoms with Crippen molar-refractivity contribution in [3.05, 3.63) is 51.7 Å². The number of thiophene rings is 1. The molecule has 1 aromatic carbocycles. The van der Waals surface area contributed by atoms with Crippen LogP contribution in [0.5, 0.6) is 0 Å². The number of carboxylic acids is 1. The molecule has 0 radical (unpaired) electrons. The topological polar surface area (TPSA) is 83.5 Å². The number of carboxylic acid groups (broad SMARTS) is 1. The van der Waals surface area contributed by atoms with Crippen LogP contribution in [-0.2, 0) is 10.0 Å². The molecule has 0 fully saturated rings. The molecule has 112 valence electrons. The fourth-order valence-corrected chi connectivity index (χ4v) is 4.46. The number of nitrogens with one attached hydrogen (secondary N) is 1. The van der Waals surface area contributed by atoms with Gasteiger partial charge in [-0.3, -0.25) is 0 Å². The van der Waals surface area contributed by atoms with E-state index in [0.29, 0.717) is 0 Å². The summed E-state index contributed by atoms with van der Waals surface area (Å²) in [6.45, 7) is 3.64. The normalized spacial score (nSPS) is 13.0. The van der Waals surface area contributed by atoms with Gasteiger partial charge in [0.25, 0.3) is 0 Å². The van der Waals surface area contributed by atoms with Crippen molar-refractivity contribution in [2.24, 2.45) is 0 Å². The van der Waals surface area contributed by atoms with Crippen molar-refractivity contribution in [3.8, 4) is 0 Å². The van der Waals surface area contributed by atoms with Crippen LogP contribution in [-0.4, -0.2) is 19.5 Å². The first-order valence-corrected chi connectivity index (χ1v) is 8.57. The maximum absolute atomic E-state index is 12.3. The van der Waals surface area contributed by atoms with E-state index in [1.54, 1.807) is 6.92 Å². The Morgan fingerprint density at radius 2 is 2.05 bits per heavy atom. The maximum atomic E-state index is 12.3. The fourth-order valence-electron chi connectivity index (χ4n) is 1.97. The highest BCUT2D eigenvalue weighted by molar-refractivity contribution is 7.89. The number of hydrogen-bond donors (Lipinski definition) is 2. The van der Waals surface area contributed by atoms with Gasteiger partial charge in [-0.05, 0) is 30.9 Å². The lowest BCUT2D eigenvalue weighted by molar-refractivity contribution is 0.0698. The van der Waals surface area contributed by atoms with Gasteiger partial charge in [-0.15, -0.1) is 11.3 Å². The molecule has 0 amide bonds. The van der Waals surface area contributed by atoms with Crippen LogP contribution in [0.2, 0.25) is 0 Å². The molecule has 5 nitrogen and oxygen atoms in total. The quantitative estimate of drug-likeness (QED) is 0.885. The maximum Gasteiger partial charge on any atom is 0.347 e. The Bertz CT molecular complexity index is 765. The van der Waals surface area contributed by atoms with E-state index >= 15 is 0 Å². The van der Waals surface area contributed by atoms with E-state index in [-0.39, 0.29) is 9.77 Å². The molecule has 0 unspecified atom stereocenters. The molecule has 1 aromatic heterocycles. The molecule has 2 aromatic rings. The first-order valence-electron chi connectivity index (χ1n) is 6.21. The fraction of sp³-hybridized carbons (Fsp3) is 0.214. The molecule has 2 N–H and O–H groups in total. The molecule has 0 aliphatic rings. The van der Waals surface area contributed by atoms with Gasteiger partial charge in [0.2, 0.25) is 10.0 Å². The van der Waals surface area contributed by atoms with Gasteiger partial charge >= 0.3 is 5.97 Å². The largest absolute Gasteiger partial charge is 0.477 e. The Labute approximate surface area is 127 Å². The van der Waals surface area contributed by atoms with Crippen LogP contribution >= 0.6 is 11.3 Å². The van der Waals surface area contributed by atoms with Crippen LogP contribution in [0.15, 0.2) is 40.6 Å². The second-order valence-corrected chi connectivity index (χ2v) is 7.27. The predicted octanol–water partition coefficient (Wildman–Crippen LogP) is 2.79. The van der Waals surface area contributed by atoms with Gasteiger partial charge in [-0.25, -0.2) is 17.9 Å². The first-order chi connectivity index (χ1) is 9.81. The zero-order valence-electron chi connectivity index (χ0n) is 11.5. The van der Waals surface area contributed by atoms with E-state index in [4.69, 9.17) is 5.11 Å². The molecular weight excluding hydrogens is 310 g/mol. The smallest absolute Gasteiger partial charge is 0.347 e. The zero-order valence-corrected chi connectivity index (χ0v) is 13.2. The predicted molar refractivity (Wildman–Crippen MR) is 81.2 cm³/mol. The molecule has 2 rings (SSSR count). The molecule has 0 aliphatic heterocycles. The molecule has 1 heterocycles. The summed E-state index contributed by atoms with van der Waals surface area (Å²) in [5.41, 5.74) is 1.85. The van der Waals surface area contributed by atoms with Crippen molar-refractivity contribution in [2.75, 3.05) is 0 Å². The Kier molecular flexibility index (Phi) is 4.46. The molecule has 0 saturated carbocycles. The number of sulfonamides is 1. The van der Waals surface area contributed by atoms with Crippen molar-refractivity contribution in [1.29, 1.82) is 0 Å². The molecule has 0 aliphatic carbocycles. The summed E-state index contributed by atoms with van der Waals surface area (Å²) >= 11 is 0.891. The average molecular weight is 325 g/mol. The van der Waals surface area contributed by atoms with Gasteiger partial charge in [0.1, 0.15) is 9.77 Å². The number of carbonyl (C=O) groups is 1. The number of hydrogen-bond acceptors (Lipinski definition) is 4. The monoisotopic (exact) mass is 325 g/mol. The number of benzene rings is 1. The Hall–Kier alpha value is -1.70. The van der Waals surface area contributed by atoms with Crippen molar-refractivity contribution in [3.63, 3.8) is 0 Å². The minimum absolute atomic E-state index is 0.182. The van der Waals surface area contributed by atoms with Crippen LogP contribution < -0.4 is 4.72 Å². The third-order valence-corrected chi connectivity index (χ3v) is 5.60. The summed E-state index contributed by atoms with van der Waals surface area (Å²) < 4.78 is 27.2. The van der Waals surface area contributed by atoms with Crippen molar-refractivity contribution in [2.45, 2.75) is 24.8 Å².